The number of H-pyrrole nitrogens is 1. The highest BCUT2D eigenvalue weighted by molar-refractivity contribution is 7.71. The molecule has 1 amide bonds. The van der Waals surface area contributed by atoms with Crippen molar-refractivity contribution in [2.75, 3.05) is 20.2 Å². The van der Waals surface area contributed by atoms with Gasteiger partial charge >= 0.3 is 5.97 Å². The molecule has 118 valence electrons. The molecule has 22 heavy (non-hydrogen) atoms. The monoisotopic (exact) mass is 322 g/mol. The summed E-state index contributed by atoms with van der Waals surface area (Å²) in [6.07, 6.45) is 0. The molecule has 7 heteroatoms. The maximum Gasteiger partial charge on any atom is 0.310 e. The SMILES string of the molecule is CCN(C[C@@H](C)C(=O)OC)C(=O)c1ccc2[nH]c(=S)oc2c1. The summed E-state index contributed by atoms with van der Waals surface area (Å²) in [7, 11) is 1.34. The number of nitrogens with one attached hydrogen (secondary N) is 1. The number of oxazole rings is 1. The van der Waals surface area contributed by atoms with E-state index in [0.717, 1.165) is 5.52 Å². The van der Waals surface area contributed by atoms with E-state index in [-0.39, 0.29) is 22.6 Å². The first-order valence-corrected chi connectivity index (χ1v) is 7.37. The molecule has 0 aliphatic rings. The van der Waals surface area contributed by atoms with Gasteiger partial charge in [-0.3, -0.25) is 9.59 Å². The number of benzene rings is 1. The normalized spacial score (nSPS) is 12.1. The molecule has 6 nitrogen and oxygen atoms in total. The molecule has 0 aliphatic carbocycles. The Hall–Kier alpha value is -2.15. The Morgan fingerprint density at radius 2 is 2.18 bits per heavy atom. The molecule has 2 aromatic rings. The number of aromatic amines is 1. The fourth-order valence-electron chi connectivity index (χ4n) is 2.22. The average molecular weight is 322 g/mol. The molecule has 1 aromatic heterocycles. The first-order chi connectivity index (χ1) is 10.5. The molecule has 0 radical (unpaired) electrons. The van der Waals surface area contributed by atoms with Crippen molar-refractivity contribution >= 4 is 35.2 Å². The molecule has 0 spiro atoms. The van der Waals surface area contributed by atoms with Gasteiger partial charge in [-0.2, -0.15) is 0 Å². The van der Waals surface area contributed by atoms with Crippen molar-refractivity contribution in [1.82, 2.24) is 9.88 Å². The molecule has 1 heterocycles. The molecule has 1 N–H and O–H groups in total. The standard InChI is InChI=1S/C15H18N2O4S/c1-4-17(8-9(2)14(19)20-3)13(18)10-5-6-11-12(7-10)21-15(22)16-11/h5-7,9H,4,8H2,1-3H3,(H,16,22)/t9-/m1/s1. The maximum atomic E-state index is 12.6. The van der Waals surface area contributed by atoms with Crippen LogP contribution in [-0.2, 0) is 9.53 Å². The number of carbonyl (C=O) groups is 2. The lowest BCUT2D eigenvalue weighted by atomic mass is 10.1. The van der Waals surface area contributed by atoms with Crippen molar-refractivity contribution in [2.24, 2.45) is 5.92 Å². The van der Waals surface area contributed by atoms with Gasteiger partial charge in [0, 0.05) is 18.7 Å². The topological polar surface area (TPSA) is 75.5 Å². The number of carbonyl (C=O) groups excluding carboxylic acids is 2. The van der Waals surface area contributed by atoms with Gasteiger partial charge in [-0.15, -0.1) is 0 Å². The number of nitrogens with zero attached hydrogens (tertiary/aromatic N) is 1. The van der Waals surface area contributed by atoms with Crippen molar-refractivity contribution in [3.63, 3.8) is 0 Å². The molecular formula is C15H18N2O4S. The van der Waals surface area contributed by atoms with E-state index in [2.05, 4.69) is 4.98 Å². The third-order valence-corrected chi connectivity index (χ3v) is 3.62. The number of hydrogen-bond acceptors (Lipinski definition) is 5. The molecule has 1 atom stereocenters. The van der Waals surface area contributed by atoms with E-state index in [1.165, 1.54) is 7.11 Å². The van der Waals surface area contributed by atoms with Crippen LogP contribution in [0.4, 0.5) is 0 Å². The number of fused-ring (bicyclic) bond motifs is 1. The average Bonchev–Trinajstić information content (AvgIpc) is 2.89. The predicted octanol–water partition coefficient (Wildman–Crippen LogP) is 2.76. The van der Waals surface area contributed by atoms with Gasteiger partial charge in [0.25, 0.3) is 10.7 Å². The quantitative estimate of drug-likeness (QED) is 0.676. The third kappa shape index (κ3) is 3.36. The first kappa shape index (κ1) is 16.2. The molecule has 0 saturated carbocycles. The fraction of sp³-hybridized carbons (Fsp3) is 0.400. The molecule has 0 unspecified atom stereocenters. The number of hydrogen-bond donors (Lipinski definition) is 1. The smallest absolute Gasteiger partial charge is 0.310 e. The van der Waals surface area contributed by atoms with Gasteiger partial charge in [0.2, 0.25) is 0 Å². The van der Waals surface area contributed by atoms with Crippen molar-refractivity contribution in [2.45, 2.75) is 13.8 Å². The number of methoxy groups -OCH3 is 1. The molecule has 1 aromatic carbocycles. The van der Waals surface area contributed by atoms with Crippen LogP contribution in [0.5, 0.6) is 0 Å². The van der Waals surface area contributed by atoms with Crippen LogP contribution < -0.4 is 0 Å². The number of aromatic nitrogens is 1. The molecule has 0 saturated heterocycles. The van der Waals surface area contributed by atoms with E-state index in [4.69, 9.17) is 21.4 Å². The second-order valence-electron chi connectivity index (χ2n) is 4.99. The van der Waals surface area contributed by atoms with Gasteiger partial charge in [-0.25, -0.2) is 0 Å². The summed E-state index contributed by atoms with van der Waals surface area (Å²) in [5, 5.41) is 0. The van der Waals surface area contributed by atoms with Gasteiger partial charge in [0.05, 0.1) is 18.5 Å². The van der Waals surface area contributed by atoms with Crippen LogP contribution in [0, 0.1) is 10.8 Å². The minimum Gasteiger partial charge on any atom is -0.469 e. The zero-order valence-corrected chi connectivity index (χ0v) is 13.5. The van der Waals surface area contributed by atoms with Crippen LogP contribution in [0.15, 0.2) is 22.6 Å². The van der Waals surface area contributed by atoms with Gasteiger partial charge in [-0.1, -0.05) is 6.92 Å². The Balaban J connectivity index is 2.22. The number of amides is 1. The lowest BCUT2D eigenvalue weighted by molar-refractivity contribution is -0.145. The van der Waals surface area contributed by atoms with E-state index < -0.39 is 0 Å². The maximum absolute atomic E-state index is 12.6. The van der Waals surface area contributed by atoms with Crippen molar-refractivity contribution in [1.29, 1.82) is 0 Å². The summed E-state index contributed by atoms with van der Waals surface area (Å²) in [5.74, 6) is -0.880. The van der Waals surface area contributed by atoms with Gasteiger partial charge < -0.3 is 19.0 Å². The Kier molecular flexibility index (Phi) is 4.97. The van der Waals surface area contributed by atoms with Gasteiger partial charge in [-0.05, 0) is 37.3 Å². The highest BCUT2D eigenvalue weighted by Crippen LogP contribution is 2.17. The Morgan fingerprint density at radius 3 is 2.82 bits per heavy atom. The van der Waals surface area contributed by atoms with Crippen LogP contribution in [0.2, 0.25) is 0 Å². The van der Waals surface area contributed by atoms with E-state index >= 15 is 0 Å². The number of rotatable bonds is 5. The summed E-state index contributed by atoms with van der Waals surface area (Å²) >= 11 is 4.93. The minimum absolute atomic E-state index is 0.164. The summed E-state index contributed by atoms with van der Waals surface area (Å²) in [6.45, 7) is 4.39. The number of ether oxygens (including phenoxy) is 1. The third-order valence-electron chi connectivity index (χ3n) is 3.43. The largest absolute Gasteiger partial charge is 0.469 e. The lowest BCUT2D eigenvalue weighted by Gasteiger charge is -2.23. The first-order valence-electron chi connectivity index (χ1n) is 6.96. The Labute approximate surface area is 133 Å². The fourth-order valence-corrected chi connectivity index (χ4v) is 2.42. The zero-order chi connectivity index (χ0) is 16.3. The van der Waals surface area contributed by atoms with E-state index in [1.54, 1.807) is 30.0 Å². The van der Waals surface area contributed by atoms with Gasteiger partial charge in [0.15, 0.2) is 5.58 Å². The lowest BCUT2D eigenvalue weighted by Crippen LogP contribution is -2.37. The van der Waals surface area contributed by atoms with Crippen LogP contribution in [0.1, 0.15) is 24.2 Å². The number of esters is 1. The van der Waals surface area contributed by atoms with Crippen LogP contribution in [-0.4, -0.2) is 42.0 Å². The van der Waals surface area contributed by atoms with Gasteiger partial charge in [0.1, 0.15) is 0 Å². The van der Waals surface area contributed by atoms with Crippen molar-refractivity contribution < 1.29 is 18.7 Å². The summed E-state index contributed by atoms with van der Waals surface area (Å²) in [5.41, 5.74) is 1.77. The van der Waals surface area contributed by atoms with E-state index in [0.29, 0.717) is 24.2 Å². The van der Waals surface area contributed by atoms with E-state index in [1.807, 2.05) is 6.92 Å². The molecule has 0 bridgehead atoms. The highest BCUT2D eigenvalue weighted by Gasteiger charge is 2.21. The van der Waals surface area contributed by atoms with Crippen molar-refractivity contribution in [3.8, 4) is 0 Å². The molecule has 0 fully saturated rings. The Bertz CT molecular complexity index is 749. The molecular weight excluding hydrogens is 304 g/mol. The van der Waals surface area contributed by atoms with Crippen molar-refractivity contribution in [3.05, 3.63) is 28.6 Å². The summed E-state index contributed by atoms with van der Waals surface area (Å²) < 4.78 is 10.0. The highest BCUT2D eigenvalue weighted by atomic mass is 32.1. The van der Waals surface area contributed by atoms with Crippen LogP contribution in [0.25, 0.3) is 11.1 Å². The summed E-state index contributed by atoms with van der Waals surface area (Å²) in [4.78, 5) is 28.8. The summed E-state index contributed by atoms with van der Waals surface area (Å²) in [6, 6.07) is 5.10. The zero-order valence-electron chi connectivity index (χ0n) is 12.7. The predicted molar refractivity (Wildman–Crippen MR) is 84.2 cm³/mol. The van der Waals surface area contributed by atoms with Crippen LogP contribution >= 0.6 is 12.2 Å². The molecule has 2 rings (SSSR count). The second-order valence-corrected chi connectivity index (χ2v) is 5.36. The second kappa shape index (κ2) is 6.74. The van der Waals surface area contributed by atoms with E-state index in [9.17, 15) is 9.59 Å². The molecule has 0 aliphatic heterocycles. The van der Waals surface area contributed by atoms with Crippen LogP contribution in [0.3, 0.4) is 0 Å². The Morgan fingerprint density at radius 1 is 1.45 bits per heavy atom. The minimum atomic E-state index is -0.381.